The van der Waals surface area contributed by atoms with Gasteiger partial charge in [0.15, 0.2) is 5.69 Å². The quantitative estimate of drug-likeness (QED) is 0.614. The zero-order valence-electron chi connectivity index (χ0n) is 13.7. The van der Waals surface area contributed by atoms with E-state index in [4.69, 9.17) is 5.11 Å². The summed E-state index contributed by atoms with van der Waals surface area (Å²) < 4.78 is 4.19. The van der Waals surface area contributed by atoms with Crippen molar-refractivity contribution in [1.82, 2.24) is 19.6 Å². The molecule has 2 N–H and O–H groups in total. The molecule has 2 heterocycles. The van der Waals surface area contributed by atoms with Crippen molar-refractivity contribution < 1.29 is 14.7 Å². The Morgan fingerprint density at radius 3 is 2.62 bits per heavy atom. The summed E-state index contributed by atoms with van der Waals surface area (Å²) in [6.07, 6.45) is 5.06. The minimum atomic E-state index is -1.09. The van der Waals surface area contributed by atoms with Gasteiger partial charge in [-0.25, -0.2) is 4.79 Å². The van der Waals surface area contributed by atoms with Crippen LogP contribution in [0.25, 0.3) is 0 Å². The zero-order valence-corrected chi connectivity index (χ0v) is 15.3. The first-order chi connectivity index (χ1) is 12.5. The van der Waals surface area contributed by atoms with Crippen LogP contribution < -0.4 is 5.32 Å². The summed E-state index contributed by atoms with van der Waals surface area (Å²) in [5.74, 6) is -1.29. The van der Waals surface area contributed by atoms with Gasteiger partial charge in [-0.2, -0.15) is 10.2 Å². The standard InChI is InChI=1S/C17H16BrN5O3/c18-13-3-1-12(2-4-13)10-23-11-14(9-19-23)20-16(24)6-8-22-7-5-15(21-22)17(25)26/h1-5,7,9,11H,6,8,10H2,(H,20,24)(H,25,26). The number of hydrogen-bond acceptors (Lipinski definition) is 4. The summed E-state index contributed by atoms with van der Waals surface area (Å²) in [5.41, 5.74) is 1.67. The molecule has 9 heteroatoms. The van der Waals surface area contributed by atoms with E-state index in [9.17, 15) is 9.59 Å². The van der Waals surface area contributed by atoms with E-state index in [0.29, 0.717) is 18.8 Å². The highest BCUT2D eigenvalue weighted by molar-refractivity contribution is 9.10. The largest absolute Gasteiger partial charge is 0.476 e. The number of aromatic carboxylic acids is 1. The predicted molar refractivity (Wildman–Crippen MR) is 97.9 cm³/mol. The molecule has 26 heavy (non-hydrogen) atoms. The van der Waals surface area contributed by atoms with Crippen LogP contribution in [0.15, 0.2) is 53.4 Å². The number of aryl methyl sites for hydroxylation is 1. The third-order valence-corrected chi connectivity index (χ3v) is 4.13. The van der Waals surface area contributed by atoms with Gasteiger partial charge in [-0.15, -0.1) is 0 Å². The van der Waals surface area contributed by atoms with Crippen LogP contribution in [0.2, 0.25) is 0 Å². The Bertz CT molecular complexity index is 917. The predicted octanol–water partition coefficient (Wildman–Crippen LogP) is 2.62. The van der Waals surface area contributed by atoms with Gasteiger partial charge in [-0.3, -0.25) is 14.2 Å². The van der Waals surface area contributed by atoms with Crippen molar-refractivity contribution in [2.45, 2.75) is 19.5 Å². The second-order valence-corrected chi connectivity index (χ2v) is 6.54. The van der Waals surface area contributed by atoms with E-state index in [1.807, 2.05) is 24.3 Å². The number of hydrogen-bond donors (Lipinski definition) is 2. The number of carboxylic acid groups (broad SMARTS) is 1. The van der Waals surface area contributed by atoms with Crippen LogP contribution in [-0.2, 0) is 17.9 Å². The Kier molecular flexibility index (Phi) is 5.47. The lowest BCUT2D eigenvalue weighted by molar-refractivity contribution is -0.116. The Morgan fingerprint density at radius 1 is 1.15 bits per heavy atom. The minimum Gasteiger partial charge on any atom is -0.476 e. The molecule has 0 radical (unpaired) electrons. The van der Waals surface area contributed by atoms with E-state index in [0.717, 1.165) is 10.0 Å². The fraction of sp³-hybridized carbons (Fsp3) is 0.176. The van der Waals surface area contributed by atoms with Gasteiger partial charge in [-0.1, -0.05) is 28.1 Å². The summed E-state index contributed by atoms with van der Waals surface area (Å²) in [7, 11) is 0. The number of nitrogens with zero attached hydrogens (tertiary/aromatic N) is 4. The van der Waals surface area contributed by atoms with Crippen LogP contribution in [-0.4, -0.2) is 36.5 Å². The molecule has 0 unspecified atom stereocenters. The number of benzene rings is 1. The van der Waals surface area contributed by atoms with Crippen molar-refractivity contribution in [3.8, 4) is 0 Å². The third-order valence-electron chi connectivity index (χ3n) is 3.60. The summed E-state index contributed by atoms with van der Waals surface area (Å²) in [6, 6.07) is 9.32. The first kappa shape index (κ1) is 17.9. The molecule has 0 aliphatic heterocycles. The number of rotatable bonds is 7. The molecule has 0 aliphatic rings. The van der Waals surface area contributed by atoms with Crippen LogP contribution in [0.1, 0.15) is 22.5 Å². The molecule has 1 aromatic carbocycles. The maximum Gasteiger partial charge on any atom is 0.356 e. The molecule has 3 aromatic rings. The molecule has 0 bridgehead atoms. The summed E-state index contributed by atoms with van der Waals surface area (Å²) in [6.45, 7) is 0.903. The van der Waals surface area contributed by atoms with E-state index in [2.05, 4.69) is 31.4 Å². The molecule has 0 fully saturated rings. The number of halogens is 1. The van der Waals surface area contributed by atoms with Crippen molar-refractivity contribution in [3.05, 3.63) is 64.7 Å². The Balaban J connectivity index is 1.50. The smallest absolute Gasteiger partial charge is 0.356 e. The van der Waals surface area contributed by atoms with Gasteiger partial charge in [-0.05, 0) is 23.8 Å². The van der Waals surface area contributed by atoms with E-state index in [-0.39, 0.29) is 18.0 Å². The molecule has 0 saturated carbocycles. The van der Waals surface area contributed by atoms with Crippen LogP contribution in [0.3, 0.4) is 0 Å². The Hall–Kier alpha value is -2.94. The third kappa shape index (κ3) is 4.79. The highest BCUT2D eigenvalue weighted by Crippen LogP contribution is 2.13. The summed E-state index contributed by atoms with van der Waals surface area (Å²) >= 11 is 3.40. The number of anilines is 1. The molecule has 3 rings (SSSR count). The Labute approximate surface area is 157 Å². The van der Waals surface area contributed by atoms with E-state index in [1.54, 1.807) is 17.1 Å². The van der Waals surface area contributed by atoms with Crippen LogP contribution >= 0.6 is 15.9 Å². The summed E-state index contributed by atoms with van der Waals surface area (Å²) in [4.78, 5) is 22.8. The topological polar surface area (TPSA) is 102 Å². The van der Waals surface area contributed by atoms with Gasteiger partial charge in [0.1, 0.15) is 0 Å². The minimum absolute atomic E-state index is 0.0420. The molecule has 8 nitrogen and oxygen atoms in total. The van der Waals surface area contributed by atoms with E-state index >= 15 is 0 Å². The highest BCUT2D eigenvalue weighted by Gasteiger charge is 2.09. The number of nitrogens with one attached hydrogen (secondary N) is 1. The Morgan fingerprint density at radius 2 is 1.92 bits per heavy atom. The van der Waals surface area contributed by atoms with Gasteiger partial charge < -0.3 is 10.4 Å². The molecule has 2 aromatic heterocycles. The summed E-state index contributed by atoms with van der Waals surface area (Å²) in [5, 5.41) is 19.7. The number of carbonyl (C=O) groups is 2. The first-order valence-corrected chi connectivity index (χ1v) is 8.62. The first-order valence-electron chi connectivity index (χ1n) is 7.83. The lowest BCUT2D eigenvalue weighted by Crippen LogP contribution is -2.14. The van der Waals surface area contributed by atoms with Crippen molar-refractivity contribution in [2.75, 3.05) is 5.32 Å². The molecule has 0 spiro atoms. The monoisotopic (exact) mass is 417 g/mol. The second-order valence-electron chi connectivity index (χ2n) is 5.62. The fourth-order valence-electron chi connectivity index (χ4n) is 2.33. The van der Waals surface area contributed by atoms with Gasteiger partial charge in [0.2, 0.25) is 5.91 Å². The van der Waals surface area contributed by atoms with Gasteiger partial charge in [0.25, 0.3) is 0 Å². The molecule has 0 atom stereocenters. The van der Waals surface area contributed by atoms with Gasteiger partial charge >= 0.3 is 5.97 Å². The molecule has 0 saturated heterocycles. The van der Waals surface area contributed by atoms with E-state index < -0.39 is 5.97 Å². The van der Waals surface area contributed by atoms with Crippen molar-refractivity contribution in [2.24, 2.45) is 0 Å². The molecular formula is C17H16BrN5O3. The van der Waals surface area contributed by atoms with Crippen LogP contribution in [0.5, 0.6) is 0 Å². The van der Waals surface area contributed by atoms with Crippen molar-refractivity contribution >= 4 is 33.5 Å². The average Bonchev–Trinajstić information content (AvgIpc) is 3.25. The number of amides is 1. The molecule has 134 valence electrons. The maximum atomic E-state index is 12.0. The zero-order chi connectivity index (χ0) is 18.5. The highest BCUT2D eigenvalue weighted by atomic mass is 79.9. The van der Waals surface area contributed by atoms with Crippen LogP contribution in [0.4, 0.5) is 5.69 Å². The fourth-order valence-corrected chi connectivity index (χ4v) is 2.60. The van der Waals surface area contributed by atoms with Gasteiger partial charge in [0, 0.05) is 29.8 Å². The van der Waals surface area contributed by atoms with Crippen LogP contribution in [0, 0.1) is 0 Å². The van der Waals surface area contributed by atoms with E-state index in [1.165, 1.54) is 16.9 Å². The lowest BCUT2D eigenvalue weighted by Gasteiger charge is -2.03. The molecule has 0 aliphatic carbocycles. The average molecular weight is 418 g/mol. The number of aromatic nitrogens is 4. The number of carbonyl (C=O) groups excluding carboxylic acids is 1. The molecular weight excluding hydrogens is 402 g/mol. The van der Waals surface area contributed by atoms with Crippen molar-refractivity contribution in [1.29, 1.82) is 0 Å². The lowest BCUT2D eigenvalue weighted by atomic mass is 10.2. The SMILES string of the molecule is O=C(CCn1ccc(C(=O)O)n1)Nc1cnn(Cc2ccc(Br)cc2)c1. The molecule has 1 amide bonds. The number of carboxylic acids is 1. The normalized spacial score (nSPS) is 10.7. The van der Waals surface area contributed by atoms with Crippen molar-refractivity contribution in [3.63, 3.8) is 0 Å². The maximum absolute atomic E-state index is 12.0. The van der Waals surface area contributed by atoms with Gasteiger partial charge in [0.05, 0.1) is 18.4 Å². The second kappa shape index (κ2) is 7.96.